The molecule has 0 aliphatic heterocycles. The third kappa shape index (κ3) is 7.48. The van der Waals surface area contributed by atoms with Crippen LogP contribution < -0.4 is 0 Å². The maximum absolute atomic E-state index is 3.64. The second kappa shape index (κ2) is 7.48. The third-order valence-corrected chi connectivity index (χ3v) is 1.15. The summed E-state index contributed by atoms with van der Waals surface area (Å²) in [6.45, 7) is 7.27. The lowest BCUT2D eigenvalue weighted by Gasteiger charge is -1.92. The molecule has 51 valence electrons. The van der Waals surface area contributed by atoms with Crippen LogP contribution in [-0.2, 0) is 0 Å². The van der Waals surface area contributed by atoms with Crippen LogP contribution in [0.5, 0.6) is 0 Å². The summed E-state index contributed by atoms with van der Waals surface area (Å²) >= 11 is 0. The van der Waals surface area contributed by atoms with Crippen LogP contribution in [-0.4, -0.2) is 0 Å². The molecule has 0 aromatic heterocycles. The molecule has 0 saturated heterocycles. The molecule has 0 aliphatic rings. The van der Waals surface area contributed by atoms with Gasteiger partial charge in [-0.3, -0.25) is 0 Å². The zero-order valence-electron chi connectivity index (χ0n) is 5.97. The summed E-state index contributed by atoms with van der Waals surface area (Å²) in [5.41, 5.74) is 0. The summed E-state index contributed by atoms with van der Waals surface area (Å²) in [6.07, 6.45) is 10.7. The van der Waals surface area contributed by atoms with Gasteiger partial charge in [-0.1, -0.05) is 12.2 Å². The molecular formula is C9H15. The van der Waals surface area contributed by atoms with E-state index in [2.05, 4.69) is 19.6 Å². The van der Waals surface area contributed by atoms with E-state index < -0.39 is 0 Å². The van der Waals surface area contributed by atoms with Crippen molar-refractivity contribution in [2.75, 3.05) is 0 Å². The molecule has 0 saturated carbocycles. The lowest BCUT2D eigenvalue weighted by atomic mass is 10.1. The van der Waals surface area contributed by atoms with Gasteiger partial charge in [0.05, 0.1) is 0 Å². The first-order valence-corrected chi connectivity index (χ1v) is 3.45. The fraction of sp³-hybridized carbons (Fsp3) is 0.444. The van der Waals surface area contributed by atoms with E-state index in [0.717, 1.165) is 12.8 Å². The van der Waals surface area contributed by atoms with Gasteiger partial charge in [0.15, 0.2) is 0 Å². The second-order valence-corrected chi connectivity index (χ2v) is 2.03. The Morgan fingerprint density at radius 2 is 1.78 bits per heavy atom. The SMILES string of the molecule is C=CC[CH]CCCC=C. The largest absolute Gasteiger partial charge is 0.103 e. The summed E-state index contributed by atoms with van der Waals surface area (Å²) in [4.78, 5) is 0. The smallest absolute Gasteiger partial charge is 0.0322 e. The maximum atomic E-state index is 3.64. The molecule has 0 bridgehead atoms. The quantitative estimate of drug-likeness (QED) is 0.376. The number of rotatable bonds is 6. The summed E-state index contributed by atoms with van der Waals surface area (Å²) in [7, 11) is 0. The van der Waals surface area contributed by atoms with E-state index in [9.17, 15) is 0 Å². The van der Waals surface area contributed by atoms with Crippen molar-refractivity contribution in [3.63, 3.8) is 0 Å². The number of unbranched alkanes of at least 4 members (excludes halogenated alkanes) is 4. The highest BCUT2D eigenvalue weighted by Crippen LogP contribution is 2.01. The fourth-order valence-corrected chi connectivity index (χ4v) is 0.642. The molecule has 0 aromatic carbocycles. The molecule has 0 unspecified atom stereocenters. The van der Waals surface area contributed by atoms with Crippen LogP contribution in [0.4, 0.5) is 0 Å². The number of allylic oxidation sites excluding steroid dienone is 2. The molecule has 9 heavy (non-hydrogen) atoms. The van der Waals surface area contributed by atoms with Gasteiger partial charge in [-0.25, -0.2) is 0 Å². The predicted molar refractivity (Wildman–Crippen MR) is 43.2 cm³/mol. The first-order chi connectivity index (χ1) is 4.41. The van der Waals surface area contributed by atoms with Gasteiger partial charge in [-0.2, -0.15) is 0 Å². The Labute approximate surface area is 58.3 Å². The molecule has 0 heteroatoms. The molecule has 1 radical (unpaired) electrons. The molecular weight excluding hydrogens is 108 g/mol. The number of hydrogen-bond donors (Lipinski definition) is 0. The summed E-state index contributed by atoms with van der Waals surface area (Å²) < 4.78 is 0. The lowest BCUT2D eigenvalue weighted by Crippen LogP contribution is -1.74. The first kappa shape index (κ1) is 8.48. The van der Waals surface area contributed by atoms with Crippen molar-refractivity contribution < 1.29 is 0 Å². The Bertz CT molecular complexity index is 62.1. The van der Waals surface area contributed by atoms with Gasteiger partial charge in [0, 0.05) is 0 Å². The van der Waals surface area contributed by atoms with E-state index in [4.69, 9.17) is 0 Å². The summed E-state index contributed by atoms with van der Waals surface area (Å²) in [5, 5.41) is 0. The van der Waals surface area contributed by atoms with Gasteiger partial charge in [0.1, 0.15) is 0 Å². The highest BCUT2D eigenvalue weighted by Gasteiger charge is 1.83. The maximum Gasteiger partial charge on any atom is -0.0322 e. The minimum Gasteiger partial charge on any atom is -0.103 e. The van der Waals surface area contributed by atoms with Crippen molar-refractivity contribution in [1.29, 1.82) is 0 Å². The van der Waals surface area contributed by atoms with E-state index in [-0.39, 0.29) is 0 Å². The van der Waals surface area contributed by atoms with Crippen molar-refractivity contribution in [2.45, 2.75) is 25.7 Å². The van der Waals surface area contributed by atoms with Gasteiger partial charge in [-0.05, 0) is 32.1 Å². The average molecular weight is 123 g/mol. The van der Waals surface area contributed by atoms with Crippen LogP contribution in [0, 0.1) is 6.42 Å². The van der Waals surface area contributed by atoms with Gasteiger partial charge in [0.25, 0.3) is 0 Å². The molecule has 0 amide bonds. The molecule has 0 N–H and O–H groups in total. The average Bonchev–Trinajstić information content (AvgIpc) is 1.89. The Morgan fingerprint density at radius 3 is 2.33 bits per heavy atom. The summed E-state index contributed by atoms with van der Waals surface area (Å²) in [6, 6.07) is 0. The molecule has 0 aromatic rings. The minimum absolute atomic E-state index is 1.04. The highest BCUT2D eigenvalue weighted by molar-refractivity contribution is 4.78. The van der Waals surface area contributed by atoms with E-state index >= 15 is 0 Å². The second-order valence-electron chi connectivity index (χ2n) is 2.03. The third-order valence-electron chi connectivity index (χ3n) is 1.15. The molecule has 0 fully saturated rings. The fourth-order valence-electron chi connectivity index (χ4n) is 0.642. The molecule has 0 heterocycles. The Morgan fingerprint density at radius 1 is 1.00 bits per heavy atom. The van der Waals surface area contributed by atoms with Crippen LogP contribution in [0.1, 0.15) is 25.7 Å². The Kier molecular flexibility index (Phi) is 7.05. The highest BCUT2D eigenvalue weighted by atomic mass is 13.9. The van der Waals surface area contributed by atoms with Crippen LogP contribution in [0.3, 0.4) is 0 Å². The minimum atomic E-state index is 1.04. The van der Waals surface area contributed by atoms with Crippen LogP contribution in [0.2, 0.25) is 0 Å². The standard InChI is InChI=1S/C9H15/c1-3-5-7-9-8-6-4-2/h3-4,7H,1-2,5-6,8-9H2. The zero-order valence-corrected chi connectivity index (χ0v) is 5.97. The first-order valence-electron chi connectivity index (χ1n) is 3.45. The van der Waals surface area contributed by atoms with Gasteiger partial charge >= 0.3 is 0 Å². The summed E-state index contributed by atoms with van der Waals surface area (Å²) in [5.74, 6) is 0. The lowest BCUT2D eigenvalue weighted by molar-refractivity contribution is 0.812. The number of hydrogen-bond acceptors (Lipinski definition) is 0. The van der Waals surface area contributed by atoms with Crippen molar-refractivity contribution in [2.24, 2.45) is 0 Å². The molecule has 0 nitrogen and oxygen atoms in total. The van der Waals surface area contributed by atoms with Crippen molar-refractivity contribution in [1.82, 2.24) is 0 Å². The van der Waals surface area contributed by atoms with Crippen molar-refractivity contribution in [3.05, 3.63) is 31.7 Å². The Hall–Kier alpha value is -0.520. The Balaban J connectivity index is 2.74. The van der Waals surface area contributed by atoms with Gasteiger partial charge < -0.3 is 0 Å². The van der Waals surface area contributed by atoms with Gasteiger partial charge in [0.2, 0.25) is 0 Å². The molecule has 0 atom stereocenters. The predicted octanol–water partition coefficient (Wildman–Crippen LogP) is 3.12. The normalized spacial score (nSPS) is 8.89. The molecule has 0 spiro atoms. The topological polar surface area (TPSA) is 0 Å². The van der Waals surface area contributed by atoms with E-state index in [0.29, 0.717) is 0 Å². The van der Waals surface area contributed by atoms with E-state index in [1.54, 1.807) is 0 Å². The monoisotopic (exact) mass is 123 g/mol. The van der Waals surface area contributed by atoms with E-state index in [1.807, 2.05) is 12.2 Å². The molecule has 0 aliphatic carbocycles. The van der Waals surface area contributed by atoms with E-state index in [1.165, 1.54) is 12.8 Å². The molecule has 0 rings (SSSR count). The zero-order chi connectivity index (χ0) is 6.95. The van der Waals surface area contributed by atoms with Crippen LogP contribution in [0.25, 0.3) is 0 Å². The van der Waals surface area contributed by atoms with Crippen molar-refractivity contribution in [3.8, 4) is 0 Å². The van der Waals surface area contributed by atoms with Crippen LogP contribution in [0.15, 0.2) is 25.3 Å². The van der Waals surface area contributed by atoms with Gasteiger partial charge in [-0.15, -0.1) is 13.2 Å². The van der Waals surface area contributed by atoms with Crippen LogP contribution >= 0.6 is 0 Å². The van der Waals surface area contributed by atoms with Crippen molar-refractivity contribution >= 4 is 0 Å².